The first kappa shape index (κ1) is 16.7. The zero-order valence-electron chi connectivity index (χ0n) is 13.1. The molecule has 0 atom stereocenters. The summed E-state index contributed by atoms with van der Waals surface area (Å²) in [6.07, 6.45) is 0.0484. The van der Waals surface area contributed by atoms with Crippen LogP contribution in [0, 0.1) is 0 Å². The van der Waals surface area contributed by atoms with Crippen molar-refractivity contribution < 1.29 is 14.3 Å². The largest absolute Gasteiger partial charge is 0.457 e. The fourth-order valence-corrected chi connectivity index (χ4v) is 2.82. The van der Waals surface area contributed by atoms with Crippen molar-refractivity contribution in [1.82, 2.24) is 4.98 Å². The first-order valence-corrected chi connectivity index (χ1v) is 8.35. The van der Waals surface area contributed by atoms with E-state index in [9.17, 15) is 9.59 Å². The third-order valence-electron chi connectivity index (χ3n) is 3.20. The van der Waals surface area contributed by atoms with Crippen molar-refractivity contribution in [1.29, 1.82) is 0 Å². The smallest absolute Gasteiger partial charge is 0.257 e. The highest BCUT2D eigenvalue weighted by molar-refractivity contribution is 7.14. The molecule has 7 heteroatoms. The Kier molecular flexibility index (Phi) is 5.06. The van der Waals surface area contributed by atoms with E-state index in [2.05, 4.69) is 10.3 Å². The Bertz CT molecular complexity index is 893. The summed E-state index contributed by atoms with van der Waals surface area (Å²) in [7, 11) is 0. The molecule has 0 aliphatic carbocycles. The molecule has 0 unspecified atom stereocenters. The monoisotopic (exact) mass is 353 g/mol. The molecule has 0 radical (unpaired) electrons. The summed E-state index contributed by atoms with van der Waals surface area (Å²) >= 11 is 1.24. The zero-order chi connectivity index (χ0) is 17.6. The van der Waals surface area contributed by atoms with Crippen LogP contribution in [0.3, 0.4) is 0 Å². The van der Waals surface area contributed by atoms with Crippen molar-refractivity contribution in [2.45, 2.75) is 6.42 Å². The van der Waals surface area contributed by atoms with Gasteiger partial charge in [0.1, 0.15) is 11.5 Å². The number of para-hydroxylation sites is 1. The van der Waals surface area contributed by atoms with Crippen LogP contribution in [0.25, 0.3) is 0 Å². The van der Waals surface area contributed by atoms with Crippen molar-refractivity contribution >= 4 is 28.3 Å². The van der Waals surface area contributed by atoms with Crippen LogP contribution >= 0.6 is 11.3 Å². The molecular formula is C18H15N3O3S. The predicted molar refractivity (Wildman–Crippen MR) is 95.9 cm³/mol. The van der Waals surface area contributed by atoms with E-state index >= 15 is 0 Å². The van der Waals surface area contributed by atoms with Gasteiger partial charge in [-0.2, -0.15) is 0 Å². The van der Waals surface area contributed by atoms with Gasteiger partial charge in [-0.25, -0.2) is 4.98 Å². The fraction of sp³-hybridized carbons (Fsp3) is 0.0556. The molecule has 0 bridgehead atoms. The number of hydrogen-bond donors (Lipinski definition) is 2. The molecule has 1 aromatic heterocycles. The van der Waals surface area contributed by atoms with Gasteiger partial charge in [0.2, 0.25) is 5.91 Å². The number of carbonyl (C=O) groups excluding carboxylic acids is 2. The van der Waals surface area contributed by atoms with Gasteiger partial charge < -0.3 is 10.5 Å². The molecule has 0 fully saturated rings. The highest BCUT2D eigenvalue weighted by Gasteiger charge is 2.11. The lowest BCUT2D eigenvalue weighted by atomic mass is 10.2. The maximum atomic E-state index is 12.4. The summed E-state index contributed by atoms with van der Waals surface area (Å²) in [6.45, 7) is 0. The van der Waals surface area contributed by atoms with Crippen LogP contribution in [0.5, 0.6) is 11.5 Å². The van der Waals surface area contributed by atoms with Gasteiger partial charge in [-0.05, 0) is 30.3 Å². The maximum absolute atomic E-state index is 12.4. The highest BCUT2D eigenvalue weighted by atomic mass is 32.1. The lowest BCUT2D eigenvalue weighted by Crippen LogP contribution is -2.14. The molecule has 3 rings (SSSR count). The summed E-state index contributed by atoms with van der Waals surface area (Å²) in [6, 6.07) is 16.2. The molecule has 0 saturated carbocycles. The number of aromatic nitrogens is 1. The number of rotatable bonds is 6. The van der Waals surface area contributed by atoms with Crippen LogP contribution in [0.4, 0.5) is 5.13 Å². The lowest BCUT2D eigenvalue weighted by Gasteiger charge is -2.07. The van der Waals surface area contributed by atoms with Crippen LogP contribution in [-0.2, 0) is 11.2 Å². The second kappa shape index (κ2) is 7.59. The molecule has 25 heavy (non-hydrogen) atoms. The van der Waals surface area contributed by atoms with E-state index in [0.29, 0.717) is 27.9 Å². The second-order valence-corrected chi connectivity index (χ2v) is 6.04. The van der Waals surface area contributed by atoms with Crippen molar-refractivity contribution in [2.24, 2.45) is 5.73 Å². The van der Waals surface area contributed by atoms with Gasteiger partial charge in [-0.1, -0.05) is 24.3 Å². The quantitative estimate of drug-likeness (QED) is 0.711. The van der Waals surface area contributed by atoms with Gasteiger partial charge in [-0.3, -0.25) is 14.9 Å². The number of carbonyl (C=O) groups is 2. The van der Waals surface area contributed by atoms with Crippen molar-refractivity contribution in [3.63, 3.8) is 0 Å². The zero-order valence-corrected chi connectivity index (χ0v) is 14.0. The van der Waals surface area contributed by atoms with Crippen molar-refractivity contribution in [3.8, 4) is 11.5 Å². The second-order valence-electron chi connectivity index (χ2n) is 5.18. The molecule has 6 nitrogen and oxygen atoms in total. The molecule has 2 aromatic carbocycles. The van der Waals surface area contributed by atoms with E-state index in [4.69, 9.17) is 10.5 Å². The van der Waals surface area contributed by atoms with Gasteiger partial charge in [-0.15, -0.1) is 11.3 Å². The van der Waals surface area contributed by atoms with Gasteiger partial charge >= 0.3 is 0 Å². The third kappa shape index (κ3) is 4.65. The van der Waals surface area contributed by atoms with Crippen molar-refractivity contribution in [3.05, 3.63) is 71.2 Å². The summed E-state index contributed by atoms with van der Waals surface area (Å²) in [5.74, 6) is 0.482. The number of thiazole rings is 1. The molecule has 2 amide bonds. The molecule has 126 valence electrons. The normalized spacial score (nSPS) is 10.2. The minimum atomic E-state index is -0.464. The predicted octanol–water partition coefficient (Wildman–Crippen LogP) is 3.22. The number of benzene rings is 2. The van der Waals surface area contributed by atoms with Gasteiger partial charge in [0.15, 0.2) is 5.13 Å². The van der Waals surface area contributed by atoms with Crippen LogP contribution in [0.2, 0.25) is 0 Å². The standard InChI is InChI=1S/C18H15N3O3S/c19-16(22)10-13-11-25-18(20-13)21-17(23)12-5-4-8-15(9-12)24-14-6-2-1-3-7-14/h1-9,11H,10H2,(H2,19,22)(H,20,21,23). The van der Waals surface area contributed by atoms with E-state index in [-0.39, 0.29) is 12.3 Å². The van der Waals surface area contributed by atoms with Gasteiger partial charge in [0, 0.05) is 10.9 Å². The Morgan fingerprint density at radius 3 is 2.60 bits per heavy atom. The maximum Gasteiger partial charge on any atom is 0.257 e. The Morgan fingerprint density at radius 1 is 1.08 bits per heavy atom. The van der Waals surface area contributed by atoms with E-state index < -0.39 is 5.91 Å². The van der Waals surface area contributed by atoms with E-state index in [0.717, 1.165) is 0 Å². The number of anilines is 1. The number of hydrogen-bond acceptors (Lipinski definition) is 5. The average Bonchev–Trinajstić information content (AvgIpc) is 3.02. The first-order chi connectivity index (χ1) is 12.1. The van der Waals surface area contributed by atoms with Crippen LogP contribution in [-0.4, -0.2) is 16.8 Å². The van der Waals surface area contributed by atoms with Crippen LogP contribution in [0.15, 0.2) is 60.0 Å². The number of nitrogens with one attached hydrogen (secondary N) is 1. The lowest BCUT2D eigenvalue weighted by molar-refractivity contribution is -0.117. The Morgan fingerprint density at radius 2 is 1.84 bits per heavy atom. The number of nitrogens with two attached hydrogens (primary N) is 1. The van der Waals surface area contributed by atoms with E-state index in [1.807, 2.05) is 30.3 Å². The molecule has 3 N–H and O–H groups in total. The molecule has 3 aromatic rings. The van der Waals surface area contributed by atoms with Crippen LogP contribution in [0.1, 0.15) is 16.1 Å². The summed E-state index contributed by atoms with van der Waals surface area (Å²) in [5, 5.41) is 4.81. The minimum absolute atomic E-state index is 0.0484. The molecule has 0 aliphatic rings. The number of ether oxygens (including phenoxy) is 1. The number of amides is 2. The Labute approximate surface area is 148 Å². The minimum Gasteiger partial charge on any atom is -0.457 e. The van der Waals surface area contributed by atoms with Gasteiger partial charge in [0.25, 0.3) is 5.91 Å². The Hall–Kier alpha value is -3.19. The topological polar surface area (TPSA) is 94.3 Å². The number of primary amides is 1. The van der Waals surface area contributed by atoms with Crippen LogP contribution < -0.4 is 15.8 Å². The SMILES string of the molecule is NC(=O)Cc1csc(NC(=O)c2cccc(Oc3ccccc3)c2)n1. The number of nitrogens with zero attached hydrogens (tertiary/aromatic N) is 1. The summed E-state index contributed by atoms with van der Waals surface area (Å²) in [5.41, 5.74) is 6.11. The third-order valence-corrected chi connectivity index (χ3v) is 4.01. The summed E-state index contributed by atoms with van der Waals surface area (Å²) < 4.78 is 5.72. The van der Waals surface area contributed by atoms with Gasteiger partial charge in [0.05, 0.1) is 12.1 Å². The summed E-state index contributed by atoms with van der Waals surface area (Å²) in [4.78, 5) is 27.4. The molecule has 0 saturated heterocycles. The van der Waals surface area contributed by atoms with E-state index in [1.165, 1.54) is 11.3 Å². The molecule has 0 aliphatic heterocycles. The Balaban J connectivity index is 1.69. The highest BCUT2D eigenvalue weighted by Crippen LogP contribution is 2.23. The van der Waals surface area contributed by atoms with Crippen molar-refractivity contribution in [2.75, 3.05) is 5.32 Å². The average molecular weight is 353 g/mol. The first-order valence-electron chi connectivity index (χ1n) is 7.47. The molecule has 0 spiro atoms. The molecule has 1 heterocycles. The molecular weight excluding hydrogens is 338 g/mol. The fourth-order valence-electron chi connectivity index (χ4n) is 2.12. The van der Waals surface area contributed by atoms with E-state index in [1.54, 1.807) is 29.6 Å².